The van der Waals surface area contributed by atoms with Gasteiger partial charge in [-0.05, 0) is 29.7 Å². The average Bonchev–Trinajstić information content (AvgIpc) is 2.37. The zero-order valence-electron chi connectivity index (χ0n) is 10.4. The van der Waals surface area contributed by atoms with Gasteiger partial charge >= 0.3 is 5.97 Å². The molecule has 5 heteroatoms. The van der Waals surface area contributed by atoms with Crippen LogP contribution in [-0.4, -0.2) is 29.4 Å². The summed E-state index contributed by atoms with van der Waals surface area (Å²) in [6.07, 6.45) is -1.75. The van der Waals surface area contributed by atoms with Crippen molar-refractivity contribution in [1.29, 1.82) is 0 Å². The predicted octanol–water partition coefficient (Wildman–Crippen LogP) is 1.97. The van der Waals surface area contributed by atoms with E-state index in [1.807, 2.05) is 13.0 Å². The topological polar surface area (TPSA) is 66.8 Å². The summed E-state index contributed by atoms with van der Waals surface area (Å²) in [5.41, 5.74) is 1.57. The summed E-state index contributed by atoms with van der Waals surface area (Å²) < 4.78 is 5.38. The minimum Gasteiger partial charge on any atom is -0.469 e. The monoisotopic (exact) mass is 316 g/mol. The fourth-order valence-electron chi connectivity index (χ4n) is 1.74. The zero-order chi connectivity index (χ0) is 13.7. The standard InChI is InChI=1S/C13H17BrO4/c1-3-8-6-9(14)4-5-10(8)13(17)11(15)7-12(16)18-2/h4-6,11,13,15,17H,3,7H2,1-2H3. The number of methoxy groups -OCH3 is 1. The van der Waals surface area contributed by atoms with Crippen molar-refractivity contribution in [3.8, 4) is 0 Å². The number of esters is 1. The lowest BCUT2D eigenvalue weighted by atomic mass is 9.96. The Labute approximate surface area is 115 Å². The van der Waals surface area contributed by atoms with E-state index in [2.05, 4.69) is 20.7 Å². The summed E-state index contributed by atoms with van der Waals surface area (Å²) >= 11 is 3.36. The third kappa shape index (κ3) is 3.80. The van der Waals surface area contributed by atoms with Gasteiger partial charge in [0.1, 0.15) is 6.10 Å². The van der Waals surface area contributed by atoms with Crippen LogP contribution < -0.4 is 0 Å². The van der Waals surface area contributed by atoms with Crippen molar-refractivity contribution in [2.45, 2.75) is 32.0 Å². The number of aliphatic hydroxyl groups is 2. The summed E-state index contributed by atoms with van der Waals surface area (Å²) in [7, 11) is 1.25. The van der Waals surface area contributed by atoms with Crippen molar-refractivity contribution < 1.29 is 19.7 Å². The number of aliphatic hydroxyl groups excluding tert-OH is 2. The largest absolute Gasteiger partial charge is 0.469 e. The lowest BCUT2D eigenvalue weighted by Gasteiger charge is -2.20. The van der Waals surface area contributed by atoms with Crippen LogP contribution in [0.15, 0.2) is 22.7 Å². The van der Waals surface area contributed by atoms with Gasteiger partial charge < -0.3 is 14.9 Å². The fourth-order valence-corrected chi connectivity index (χ4v) is 2.15. The van der Waals surface area contributed by atoms with Crippen LogP contribution in [-0.2, 0) is 16.0 Å². The van der Waals surface area contributed by atoms with E-state index in [1.165, 1.54) is 7.11 Å². The number of aryl methyl sites for hydroxylation is 1. The lowest BCUT2D eigenvalue weighted by Crippen LogP contribution is -2.23. The van der Waals surface area contributed by atoms with Gasteiger partial charge in [0.25, 0.3) is 0 Å². The van der Waals surface area contributed by atoms with E-state index in [0.717, 1.165) is 16.5 Å². The highest BCUT2D eigenvalue weighted by molar-refractivity contribution is 9.10. The molecule has 2 unspecified atom stereocenters. The molecule has 0 aliphatic carbocycles. The second kappa shape index (κ2) is 6.87. The predicted molar refractivity (Wildman–Crippen MR) is 71.1 cm³/mol. The molecule has 0 fully saturated rings. The maximum atomic E-state index is 11.1. The summed E-state index contributed by atoms with van der Waals surface area (Å²) in [6.45, 7) is 1.96. The molecule has 100 valence electrons. The van der Waals surface area contributed by atoms with E-state index < -0.39 is 18.2 Å². The normalized spacial score (nSPS) is 14.1. The Hall–Kier alpha value is -0.910. The van der Waals surface area contributed by atoms with E-state index in [9.17, 15) is 15.0 Å². The van der Waals surface area contributed by atoms with E-state index in [1.54, 1.807) is 12.1 Å². The lowest BCUT2D eigenvalue weighted by molar-refractivity contribution is -0.144. The molecule has 2 N–H and O–H groups in total. The Balaban J connectivity index is 2.89. The molecular formula is C13H17BrO4. The fraction of sp³-hybridized carbons (Fsp3) is 0.462. The van der Waals surface area contributed by atoms with Gasteiger partial charge in [-0.25, -0.2) is 0 Å². The second-order valence-corrected chi connectivity index (χ2v) is 4.90. The van der Waals surface area contributed by atoms with Gasteiger partial charge in [0.05, 0.1) is 19.6 Å². The molecule has 0 amide bonds. The van der Waals surface area contributed by atoms with Gasteiger partial charge in [0, 0.05) is 4.47 Å². The van der Waals surface area contributed by atoms with Crippen molar-refractivity contribution in [3.05, 3.63) is 33.8 Å². The molecule has 0 saturated carbocycles. The van der Waals surface area contributed by atoms with Crippen LogP contribution >= 0.6 is 15.9 Å². The number of halogens is 1. The highest BCUT2D eigenvalue weighted by atomic mass is 79.9. The van der Waals surface area contributed by atoms with Gasteiger partial charge in [-0.1, -0.05) is 28.9 Å². The van der Waals surface area contributed by atoms with Crippen LogP contribution in [0.2, 0.25) is 0 Å². The second-order valence-electron chi connectivity index (χ2n) is 3.99. The molecule has 2 atom stereocenters. The van der Waals surface area contributed by atoms with Gasteiger partial charge in [0.15, 0.2) is 0 Å². The molecule has 0 radical (unpaired) electrons. The highest BCUT2D eigenvalue weighted by Crippen LogP contribution is 2.26. The quantitative estimate of drug-likeness (QED) is 0.815. The average molecular weight is 317 g/mol. The van der Waals surface area contributed by atoms with Crippen LogP contribution in [0.5, 0.6) is 0 Å². The molecule has 18 heavy (non-hydrogen) atoms. The number of hydrogen-bond acceptors (Lipinski definition) is 4. The molecule has 0 saturated heterocycles. The Morgan fingerprint density at radius 2 is 2.11 bits per heavy atom. The molecular weight excluding hydrogens is 300 g/mol. The number of carbonyl (C=O) groups is 1. The summed E-state index contributed by atoms with van der Waals surface area (Å²) in [4.78, 5) is 11.1. The van der Waals surface area contributed by atoms with E-state index in [0.29, 0.717) is 5.56 Å². The minimum atomic E-state index is -1.16. The van der Waals surface area contributed by atoms with Gasteiger partial charge in [-0.3, -0.25) is 4.79 Å². The summed E-state index contributed by atoms with van der Waals surface area (Å²) in [6, 6.07) is 5.43. The first-order valence-electron chi connectivity index (χ1n) is 5.70. The van der Waals surface area contributed by atoms with Crippen molar-refractivity contribution in [2.75, 3.05) is 7.11 Å². The molecule has 1 aromatic rings. The maximum absolute atomic E-state index is 11.1. The van der Waals surface area contributed by atoms with Gasteiger partial charge in [0.2, 0.25) is 0 Å². The molecule has 1 aromatic carbocycles. The molecule has 4 nitrogen and oxygen atoms in total. The number of rotatable bonds is 5. The molecule has 0 aliphatic rings. The summed E-state index contributed by atoms with van der Waals surface area (Å²) in [5, 5.41) is 19.9. The van der Waals surface area contributed by atoms with Crippen LogP contribution in [0.4, 0.5) is 0 Å². The SMILES string of the molecule is CCc1cc(Br)ccc1C(O)C(O)CC(=O)OC. The molecule has 0 bridgehead atoms. The molecule has 0 heterocycles. The van der Waals surface area contributed by atoms with Crippen LogP contribution in [0.3, 0.4) is 0 Å². The first-order chi connectivity index (χ1) is 8.49. The number of benzene rings is 1. The Morgan fingerprint density at radius 1 is 1.44 bits per heavy atom. The van der Waals surface area contributed by atoms with Gasteiger partial charge in [-0.15, -0.1) is 0 Å². The number of carbonyl (C=O) groups excluding carboxylic acids is 1. The zero-order valence-corrected chi connectivity index (χ0v) is 12.0. The smallest absolute Gasteiger partial charge is 0.308 e. The molecule has 0 aliphatic heterocycles. The van der Waals surface area contributed by atoms with Gasteiger partial charge in [-0.2, -0.15) is 0 Å². The van der Waals surface area contributed by atoms with E-state index in [4.69, 9.17) is 0 Å². The molecule has 0 aromatic heterocycles. The van der Waals surface area contributed by atoms with Crippen molar-refractivity contribution >= 4 is 21.9 Å². The first kappa shape index (κ1) is 15.1. The van der Waals surface area contributed by atoms with Crippen molar-refractivity contribution in [1.82, 2.24) is 0 Å². The molecule has 1 rings (SSSR count). The van der Waals surface area contributed by atoms with Crippen LogP contribution in [0, 0.1) is 0 Å². The Bertz CT molecular complexity index is 419. The molecule has 0 spiro atoms. The van der Waals surface area contributed by atoms with Crippen molar-refractivity contribution in [2.24, 2.45) is 0 Å². The first-order valence-corrected chi connectivity index (χ1v) is 6.50. The van der Waals surface area contributed by atoms with E-state index >= 15 is 0 Å². The minimum absolute atomic E-state index is 0.225. The Kier molecular flexibility index (Phi) is 5.78. The van der Waals surface area contributed by atoms with Crippen LogP contribution in [0.1, 0.15) is 30.6 Å². The van der Waals surface area contributed by atoms with Crippen molar-refractivity contribution in [3.63, 3.8) is 0 Å². The highest BCUT2D eigenvalue weighted by Gasteiger charge is 2.23. The number of ether oxygens (including phenoxy) is 1. The van der Waals surface area contributed by atoms with E-state index in [-0.39, 0.29) is 6.42 Å². The third-order valence-corrected chi connectivity index (χ3v) is 3.27. The third-order valence-electron chi connectivity index (χ3n) is 2.77. The Morgan fingerprint density at radius 3 is 2.67 bits per heavy atom. The maximum Gasteiger partial charge on any atom is 0.308 e. The summed E-state index contributed by atoms with van der Waals surface area (Å²) in [5.74, 6) is -0.545. The van der Waals surface area contributed by atoms with Crippen LogP contribution in [0.25, 0.3) is 0 Å². The number of hydrogen-bond donors (Lipinski definition) is 2.